The molecule has 33 heavy (non-hydrogen) atoms. The van der Waals surface area contributed by atoms with E-state index in [1.54, 1.807) is 0 Å². The van der Waals surface area contributed by atoms with Crippen LogP contribution >= 0.6 is 0 Å². The van der Waals surface area contributed by atoms with E-state index in [9.17, 15) is 27.2 Å². The van der Waals surface area contributed by atoms with Gasteiger partial charge < -0.3 is 15.5 Å². The zero-order chi connectivity index (χ0) is 24.4. The van der Waals surface area contributed by atoms with Crippen LogP contribution in [0.3, 0.4) is 0 Å². The van der Waals surface area contributed by atoms with Gasteiger partial charge in [-0.25, -0.2) is 4.68 Å². The molecule has 2 aromatic rings. The molecule has 0 saturated carbocycles. The molecule has 0 saturated heterocycles. The maximum Gasteiger partial charge on any atom is 0.405 e. The Kier molecular flexibility index (Phi) is 9.76. The monoisotopic (exact) mass is 472 g/mol. The number of aromatic nitrogens is 3. The van der Waals surface area contributed by atoms with Crippen molar-refractivity contribution in [3.05, 3.63) is 41.2 Å². The number of rotatable bonds is 12. The molecule has 0 fully saturated rings. The van der Waals surface area contributed by atoms with E-state index in [1.165, 1.54) is 28.9 Å². The molecule has 0 unspecified atom stereocenters. The van der Waals surface area contributed by atoms with Gasteiger partial charge >= 0.3 is 6.18 Å². The van der Waals surface area contributed by atoms with Gasteiger partial charge in [0.05, 0.1) is 18.1 Å². The fourth-order valence-electron chi connectivity index (χ4n) is 2.99. The summed E-state index contributed by atoms with van der Waals surface area (Å²) in [6.07, 6.45) is -2.42. The van der Waals surface area contributed by atoms with Gasteiger partial charge in [0.2, 0.25) is 0 Å². The van der Waals surface area contributed by atoms with Crippen LogP contribution in [0.5, 0.6) is 0 Å². The average Bonchev–Trinajstić information content (AvgIpc) is 3.18. The molecule has 12 heteroatoms. The van der Waals surface area contributed by atoms with E-state index in [0.717, 1.165) is 0 Å². The van der Waals surface area contributed by atoms with Gasteiger partial charge in [-0.2, -0.15) is 13.2 Å². The van der Waals surface area contributed by atoms with E-state index < -0.39 is 25.3 Å². The van der Waals surface area contributed by atoms with Crippen LogP contribution in [0.4, 0.5) is 17.6 Å². The van der Waals surface area contributed by atoms with Crippen molar-refractivity contribution < 1.29 is 27.2 Å². The summed E-state index contributed by atoms with van der Waals surface area (Å²) in [5.74, 6) is -1.24. The van der Waals surface area contributed by atoms with Crippen molar-refractivity contribution in [1.29, 1.82) is 0 Å². The Balaban J connectivity index is 2.20. The Labute approximate surface area is 189 Å². The van der Waals surface area contributed by atoms with Crippen LogP contribution in [0.2, 0.25) is 0 Å². The van der Waals surface area contributed by atoms with Crippen LogP contribution in [0.15, 0.2) is 24.3 Å². The van der Waals surface area contributed by atoms with Gasteiger partial charge in [0.15, 0.2) is 5.69 Å². The largest absolute Gasteiger partial charge is 0.405 e. The zero-order valence-corrected chi connectivity index (χ0v) is 18.6. The number of benzene rings is 1. The number of amides is 2. The van der Waals surface area contributed by atoms with Crippen LogP contribution in [-0.2, 0) is 6.42 Å². The number of nitrogens with zero attached hydrogens (tertiary/aromatic N) is 4. The van der Waals surface area contributed by atoms with Crippen molar-refractivity contribution in [2.75, 3.05) is 40.4 Å². The minimum absolute atomic E-state index is 0.0502. The van der Waals surface area contributed by atoms with Gasteiger partial charge in [-0.15, -0.1) is 5.10 Å². The second-order valence-corrected chi connectivity index (χ2v) is 7.70. The summed E-state index contributed by atoms with van der Waals surface area (Å²) in [6.45, 7) is -0.787. The number of alkyl halides is 4. The van der Waals surface area contributed by atoms with Crippen LogP contribution in [0.25, 0.3) is 5.69 Å². The molecule has 0 aliphatic carbocycles. The predicted octanol–water partition coefficient (Wildman–Crippen LogP) is 2.53. The first-order chi connectivity index (χ1) is 15.6. The van der Waals surface area contributed by atoms with Crippen molar-refractivity contribution in [1.82, 2.24) is 30.5 Å². The smallest absolute Gasteiger partial charge is 0.349 e. The summed E-state index contributed by atoms with van der Waals surface area (Å²) in [5.41, 5.74) is 1.23. The van der Waals surface area contributed by atoms with E-state index in [4.69, 9.17) is 0 Å². The summed E-state index contributed by atoms with van der Waals surface area (Å²) in [5, 5.41) is 12.7. The molecule has 8 nitrogen and oxygen atoms in total. The highest BCUT2D eigenvalue weighted by molar-refractivity contribution is 5.94. The predicted molar refractivity (Wildman–Crippen MR) is 114 cm³/mol. The fourth-order valence-corrected chi connectivity index (χ4v) is 2.99. The molecule has 1 heterocycles. The standard InChI is InChI=1S/C21H28F4N6O2/c1-30(2)13-12-26-20(33)18-17(6-4-3-5-11-22)31(29-28-18)16-9-7-15(8-10-16)19(32)27-14-21(23,24)25/h7-10H,3-6,11-14H2,1-2H3,(H,26,33)(H,27,32). The maximum atomic E-state index is 12.6. The maximum absolute atomic E-state index is 12.6. The molecule has 2 N–H and O–H groups in total. The Hall–Kier alpha value is -3.02. The van der Waals surface area contributed by atoms with E-state index in [2.05, 4.69) is 15.6 Å². The van der Waals surface area contributed by atoms with Crippen LogP contribution in [0.1, 0.15) is 45.8 Å². The Morgan fingerprint density at radius 1 is 1.03 bits per heavy atom. The van der Waals surface area contributed by atoms with E-state index in [1.807, 2.05) is 24.3 Å². The van der Waals surface area contributed by atoms with E-state index in [0.29, 0.717) is 50.2 Å². The van der Waals surface area contributed by atoms with Crippen molar-refractivity contribution in [2.45, 2.75) is 31.9 Å². The highest BCUT2D eigenvalue weighted by atomic mass is 19.4. The molecular weight excluding hydrogens is 444 g/mol. The number of halogens is 4. The number of hydrogen-bond acceptors (Lipinski definition) is 5. The number of carbonyl (C=O) groups excluding carboxylic acids is 2. The first-order valence-electron chi connectivity index (χ1n) is 10.5. The molecule has 0 aliphatic rings. The molecular formula is C21H28F4N6O2. The molecule has 2 rings (SSSR count). The molecule has 0 spiro atoms. The number of hydrogen-bond donors (Lipinski definition) is 2. The number of nitrogens with one attached hydrogen (secondary N) is 2. The molecule has 1 aromatic heterocycles. The zero-order valence-electron chi connectivity index (χ0n) is 18.6. The first-order valence-corrected chi connectivity index (χ1v) is 10.5. The molecule has 1 aromatic carbocycles. The van der Waals surface area contributed by atoms with Crippen molar-refractivity contribution in [3.63, 3.8) is 0 Å². The first kappa shape index (κ1) is 26.2. The molecule has 0 atom stereocenters. The third-order valence-corrected chi connectivity index (χ3v) is 4.69. The lowest BCUT2D eigenvalue weighted by Gasteiger charge is -2.11. The van der Waals surface area contributed by atoms with Crippen LogP contribution < -0.4 is 10.6 Å². The highest BCUT2D eigenvalue weighted by Gasteiger charge is 2.28. The minimum atomic E-state index is -4.50. The van der Waals surface area contributed by atoms with E-state index >= 15 is 0 Å². The SMILES string of the molecule is CN(C)CCNC(=O)c1nnn(-c2ccc(C(=O)NCC(F)(F)F)cc2)c1CCCCCF. The Morgan fingerprint density at radius 2 is 1.73 bits per heavy atom. The lowest BCUT2D eigenvalue weighted by atomic mass is 10.1. The van der Waals surface area contributed by atoms with Crippen molar-refractivity contribution >= 4 is 11.8 Å². The molecule has 2 amide bonds. The average molecular weight is 472 g/mol. The Morgan fingerprint density at radius 3 is 2.33 bits per heavy atom. The number of likely N-dealkylation sites (N-methyl/N-ethyl adjacent to an activating group) is 1. The normalized spacial score (nSPS) is 11.6. The van der Waals surface area contributed by atoms with Gasteiger partial charge in [0.25, 0.3) is 11.8 Å². The second-order valence-electron chi connectivity index (χ2n) is 7.70. The van der Waals surface area contributed by atoms with Gasteiger partial charge in [-0.05, 0) is 57.6 Å². The third kappa shape index (κ3) is 8.44. The highest BCUT2D eigenvalue weighted by Crippen LogP contribution is 2.18. The van der Waals surface area contributed by atoms with Crippen LogP contribution in [-0.4, -0.2) is 78.3 Å². The summed E-state index contributed by atoms with van der Waals surface area (Å²) in [6, 6.07) is 5.75. The van der Waals surface area contributed by atoms with Crippen molar-refractivity contribution in [2.24, 2.45) is 0 Å². The summed E-state index contributed by atoms with van der Waals surface area (Å²) < 4.78 is 50.8. The molecule has 182 valence electrons. The van der Waals surface area contributed by atoms with Gasteiger partial charge in [-0.1, -0.05) is 11.6 Å². The Bertz CT molecular complexity index is 912. The number of unbranched alkanes of at least 4 members (excludes halogenated alkanes) is 2. The van der Waals surface area contributed by atoms with E-state index in [-0.39, 0.29) is 17.2 Å². The summed E-state index contributed by atoms with van der Waals surface area (Å²) in [7, 11) is 3.76. The van der Waals surface area contributed by atoms with Gasteiger partial charge in [0.1, 0.15) is 6.54 Å². The van der Waals surface area contributed by atoms with Crippen molar-refractivity contribution in [3.8, 4) is 5.69 Å². The molecule has 0 bridgehead atoms. The quantitative estimate of drug-likeness (QED) is 0.366. The summed E-state index contributed by atoms with van der Waals surface area (Å²) in [4.78, 5) is 26.5. The molecule has 0 aliphatic heterocycles. The minimum Gasteiger partial charge on any atom is -0.349 e. The molecule has 0 radical (unpaired) electrons. The summed E-state index contributed by atoms with van der Waals surface area (Å²) >= 11 is 0. The lowest BCUT2D eigenvalue weighted by molar-refractivity contribution is -0.123. The van der Waals surface area contributed by atoms with Gasteiger partial charge in [0, 0.05) is 18.7 Å². The second kappa shape index (κ2) is 12.3. The number of carbonyl (C=O) groups is 2. The van der Waals surface area contributed by atoms with Gasteiger partial charge in [-0.3, -0.25) is 14.0 Å². The topological polar surface area (TPSA) is 92.2 Å². The lowest BCUT2D eigenvalue weighted by Crippen LogP contribution is -2.33. The fraction of sp³-hybridized carbons (Fsp3) is 0.524. The third-order valence-electron chi connectivity index (χ3n) is 4.69. The van der Waals surface area contributed by atoms with Crippen LogP contribution in [0, 0.1) is 0 Å².